The van der Waals surface area contributed by atoms with Crippen LogP contribution in [0.15, 0.2) is 47.3 Å². The number of benzene rings is 2. The molecule has 158 valence electrons. The van der Waals surface area contributed by atoms with E-state index in [-0.39, 0.29) is 22.7 Å². The van der Waals surface area contributed by atoms with E-state index < -0.39 is 17.4 Å². The minimum Gasteiger partial charge on any atom is -0.493 e. The maximum Gasteiger partial charge on any atom is 0.334 e. The van der Waals surface area contributed by atoms with Gasteiger partial charge in [0.05, 0.1) is 19.9 Å². The fourth-order valence-corrected chi connectivity index (χ4v) is 3.34. The molecule has 0 spiro atoms. The number of aryl methyl sites for hydroxylation is 1. The third-order valence-corrected chi connectivity index (χ3v) is 4.85. The molecule has 0 atom stereocenters. The maximum absolute atomic E-state index is 13.4. The molecule has 2 heterocycles. The largest absolute Gasteiger partial charge is 0.493 e. The maximum atomic E-state index is 13.4. The second-order valence-corrected chi connectivity index (χ2v) is 6.66. The Bertz CT molecular complexity index is 1380. The second kappa shape index (κ2) is 7.56. The molecule has 2 aromatic heterocycles. The summed E-state index contributed by atoms with van der Waals surface area (Å²) in [6.07, 6.45) is 0. The Morgan fingerprint density at radius 2 is 1.71 bits per heavy atom. The van der Waals surface area contributed by atoms with Crippen molar-refractivity contribution in [3.63, 3.8) is 0 Å². The molecule has 9 nitrogen and oxygen atoms in total. The molecule has 10 heteroatoms. The Hall–Kier alpha value is -4.21. The van der Waals surface area contributed by atoms with Crippen LogP contribution in [0.25, 0.3) is 28.2 Å². The van der Waals surface area contributed by atoms with Crippen molar-refractivity contribution in [2.75, 3.05) is 14.2 Å². The summed E-state index contributed by atoms with van der Waals surface area (Å²) in [7, 11) is 4.48. The van der Waals surface area contributed by atoms with Crippen LogP contribution < -0.4 is 20.9 Å². The van der Waals surface area contributed by atoms with Crippen LogP contribution in [-0.4, -0.2) is 39.2 Å². The number of nitrogens with two attached hydrogens (primary N) is 1. The number of rotatable bonds is 5. The standard InChI is InChI=1S/C21H18FN5O4/c1-26-17-16(18(23)28)24-19(11-4-9-14(30-2)15(10-11)31-3)25-20(17)27(21(26)29)13-7-5-12(22)6-8-13/h4-10H,1-3H3,(H2,23,28). The molecule has 4 aromatic rings. The molecule has 1 amide bonds. The van der Waals surface area contributed by atoms with Gasteiger partial charge in [0.25, 0.3) is 5.91 Å². The summed E-state index contributed by atoms with van der Waals surface area (Å²) < 4.78 is 26.5. The van der Waals surface area contributed by atoms with Gasteiger partial charge in [-0.1, -0.05) is 0 Å². The monoisotopic (exact) mass is 423 g/mol. The summed E-state index contributed by atoms with van der Waals surface area (Å²) in [5.41, 5.74) is 6.20. The zero-order valence-electron chi connectivity index (χ0n) is 16.9. The van der Waals surface area contributed by atoms with Crippen molar-refractivity contribution in [2.24, 2.45) is 12.8 Å². The Balaban J connectivity index is 2.06. The minimum atomic E-state index is -0.819. The molecule has 2 N–H and O–H groups in total. The summed E-state index contributed by atoms with van der Waals surface area (Å²) in [6, 6.07) is 10.4. The predicted molar refractivity (Wildman–Crippen MR) is 111 cm³/mol. The number of amides is 1. The van der Waals surface area contributed by atoms with Crippen molar-refractivity contribution >= 4 is 17.1 Å². The molecule has 0 fully saturated rings. The molecule has 0 aliphatic carbocycles. The van der Waals surface area contributed by atoms with E-state index in [1.54, 1.807) is 18.2 Å². The van der Waals surface area contributed by atoms with Crippen LogP contribution in [0, 0.1) is 5.82 Å². The number of carbonyl (C=O) groups is 1. The number of hydrogen-bond donors (Lipinski definition) is 1. The molecule has 0 radical (unpaired) electrons. The van der Waals surface area contributed by atoms with Gasteiger partial charge in [0.1, 0.15) is 11.3 Å². The van der Waals surface area contributed by atoms with E-state index in [9.17, 15) is 14.0 Å². The molecule has 0 aliphatic rings. The molecule has 0 bridgehead atoms. The number of fused-ring (bicyclic) bond motifs is 1. The van der Waals surface area contributed by atoms with Crippen LogP contribution in [0.3, 0.4) is 0 Å². The molecule has 0 unspecified atom stereocenters. The summed E-state index contributed by atoms with van der Waals surface area (Å²) in [5.74, 6) is -0.168. The first kappa shape index (κ1) is 20.1. The molecular weight excluding hydrogens is 405 g/mol. The Kier molecular flexibility index (Phi) is 4.90. The highest BCUT2D eigenvalue weighted by molar-refractivity contribution is 6.02. The van der Waals surface area contributed by atoms with E-state index in [4.69, 9.17) is 15.2 Å². The fourth-order valence-electron chi connectivity index (χ4n) is 3.34. The number of ether oxygens (including phenoxy) is 2. The first-order chi connectivity index (χ1) is 14.8. The van der Waals surface area contributed by atoms with E-state index in [0.29, 0.717) is 22.7 Å². The van der Waals surface area contributed by atoms with Crippen molar-refractivity contribution in [2.45, 2.75) is 0 Å². The average Bonchev–Trinajstić information content (AvgIpc) is 3.03. The SMILES string of the molecule is COc1ccc(-c2nc(C(N)=O)c3c(n2)n(-c2ccc(F)cc2)c(=O)n3C)cc1OC. The highest BCUT2D eigenvalue weighted by Gasteiger charge is 2.23. The van der Waals surface area contributed by atoms with Crippen LogP contribution >= 0.6 is 0 Å². The number of primary amides is 1. The van der Waals surface area contributed by atoms with Gasteiger partial charge >= 0.3 is 5.69 Å². The molecule has 0 saturated heterocycles. The topological polar surface area (TPSA) is 114 Å². The Morgan fingerprint density at radius 3 is 2.32 bits per heavy atom. The summed E-state index contributed by atoms with van der Waals surface area (Å²) in [6.45, 7) is 0. The highest BCUT2D eigenvalue weighted by atomic mass is 19.1. The van der Waals surface area contributed by atoms with Gasteiger partial charge in [-0.3, -0.25) is 9.36 Å². The van der Waals surface area contributed by atoms with Crippen LogP contribution in [0.1, 0.15) is 10.5 Å². The summed E-state index contributed by atoms with van der Waals surface area (Å²) >= 11 is 0. The van der Waals surface area contributed by atoms with Crippen molar-refractivity contribution < 1.29 is 18.7 Å². The Labute approximate surface area is 175 Å². The van der Waals surface area contributed by atoms with E-state index in [1.165, 1.54) is 54.7 Å². The third kappa shape index (κ3) is 3.27. The van der Waals surface area contributed by atoms with Gasteiger partial charge < -0.3 is 15.2 Å². The smallest absolute Gasteiger partial charge is 0.334 e. The number of nitrogens with zero attached hydrogens (tertiary/aromatic N) is 4. The van der Waals surface area contributed by atoms with Crippen molar-refractivity contribution in [3.8, 4) is 28.6 Å². The zero-order chi connectivity index (χ0) is 22.3. The van der Waals surface area contributed by atoms with Crippen LogP contribution in [0.5, 0.6) is 11.5 Å². The lowest BCUT2D eigenvalue weighted by Crippen LogP contribution is -2.21. The van der Waals surface area contributed by atoms with Crippen molar-refractivity contribution in [1.82, 2.24) is 19.1 Å². The lowest BCUT2D eigenvalue weighted by atomic mass is 10.1. The zero-order valence-corrected chi connectivity index (χ0v) is 16.9. The van der Waals surface area contributed by atoms with Crippen molar-refractivity contribution in [1.29, 1.82) is 0 Å². The van der Waals surface area contributed by atoms with E-state index in [1.807, 2.05) is 0 Å². The number of halogens is 1. The lowest BCUT2D eigenvalue weighted by Gasteiger charge is -2.10. The van der Waals surface area contributed by atoms with Gasteiger partial charge in [0, 0.05) is 12.6 Å². The number of carbonyl (C=O) groups excluding carboxylic acids is 1. The van der Waals surface area contributed by atoms with Gasteiger partial charge in [0.2, 0.25) is 0 Å². The van der Waals surface area contributed by atoms with E-state index >= 15 is 0 Å². The number of methoxy groups -OCH3 is 2. The first-order valence-corrected chi connectivity index (χ1v) is 9.13. The molecule has 2 aromatic carbocycles. The average molecular weight is 423 g/mol. The van der Waals surface area contributed by atoms with Gasteiger partial charge in [-0.05, 0) is 42.5 Å². The van der Waals surface area contributed by atoms with Gasteiger partial charge in [0.15, 0.2) is 28.7 Å². The van der Waals surface area contributed by atoms with Crippen LogP contribution in [-0.2, 0) is 7.05 Å². The highest BCUT2D eigenvalue weighted by Crippen LogP contribution is 2.32. The van der Waals surface area contributed by atoms with Gasteiger partial charge in [-0.2, -0.15) is 0 Å². The molecular formula is C21H18FN5O4. The lowest BCUT2D eigenvalue weighted by molar-refractivity contribution is 0.0997. The predicted octanol–water partition coefficient (Wildman–Crippen LogP) is 2.04. The van der Waals surface area contributed by atoms with E-state index in [0.717, 1.165) is 0 Å². The van der Waals surface area contributed by atoms with Crippen LogP contribution in [0.2, 0.25) is 0 Å². The van der Waals surface area contributed by atoms with Crippen LogP contribution in [0.4, 0.5) is 4.39 Å². The third-order valence-electron chi connectivity index (χ3n) is 4.85. The second-order valence-electron chi connectivity index (χ2n) is 6.66. The number of imidazole rings is 1. The number of hydrogen-bond acceptors (Lipinski definition) is 6. The van der Waals surface area contributed by atoms with Crippen molar-refractivity contribution in [3.05, 3.63) is 64.5 Å². The first-order valence-electron chi connectivity index (χ1n) is 9.13. The van der Waals surface area contributed by atoms with E-state index in [2.05, 4.69) is 9.97 Å². The van der Waals surface area contributed by atoms with Gasteiger partial charge in [-0.25, -0.2) is 23.7 Å². The Morgan fingerprint density at radius 1 is 1.03 bits per heavy atom. The molecule has 0 aliphatic heterocycles. The summed E-state index contributed by atoms with van der Waals surface area (Å²) in [5, 5.41) is 0. The summed E-state index contributed by atoms with van der Waals surface area (Å²) in [4.78, 5) is 34.0. The molecule has 0 saturated carbocycles. The van der Waals surface area contributed by atoms with Gasteiger partial charge in [-0.15, -0.1) is 0 Å². The molecule has 4 rings (SSSR count). The fraction of sp³-hybridized carbons (Fsp3) is 0.143. The molecule has 31 heavy (non-hydrogen) atoms. The normalized spacial score (nSPS) is 11.0. The number of aromatic nitrogens is 4. The quantitative estimate of drug-likeness (QED) is 0.525. The minimum absolute atomic E-state index is 0.116.